The number of sulfone groups is 1. The SMILES string of the molecule is CS(=O)(=O)CCNC(=O)c1cnc(-c2ccc(NCC3(c4ncccc4F)CCC3)nn2)s1. The highest BCUT2D eigenvalue weighted by Gasteiger charge is 2.41. The van der Waals surface area contributed by atoms with Gasteiger partial charge < -0.3 is 10.6 Å². The molecule has 0 unspecified atom stereocenters. The molecule has 3 aromatic rings. The lowest BCUT2D eigenvalue weighted by molar-refractivity contribution is 0.0960. The number of nitrogens with one attached hydrogen (secondary N) is 2. The number of thiazole rings is 1. The number of amides is 1. The number of nitrogens with zero attached hydrogens (tertiary/aromatic N) is 4. The molecule has 3 heterocycles. The highest BCUT2D eigenvalue weighted by molar-refractivity contribution is 7.90. The van der Waals surface area contributed by atoms with Crippen molar-refractivity contribution in [1.29, 1.82) is 0 Å². The van der Waals surface area contributed by atoms with E-state index >= 15 is 0 Å². The van der Waals surface area contributed by atoms with Crippen molar-refractivity contribution in [3.8, 4) is 10.7 Å². The molecule has 1 amide bonds. The van der Waals surface area contributed by atoms with E-state index in [2.05, 4.69) is 30.8 Å². The highest BCUT2D eigenvalue weighted by atomic mass is 32.2. The molecule has 33 heavy (non-hydrogen) atoms. The van der Waals surface area contributed by atoms with E-state index in [1.54, 1.807) is 24.4 Å². The molecule has 0 radical (unpaired) electrons. The quantitative estimate of drug-likeness (QED) is 0.468. The Balaban J connectivity index is 1.37. The topological polar surface area (TPSA) is 127 Å². The molecule has 1 fully saturated rings. The number of hydrogen-bond acceptors (Lipinski definition) is 9. The molecule has 1 aliphatic carbocycles. The van der Waals surface area contributed by atoms with Gasteiger partial charge in [0, 0.05) is 31.0 Å². The minimum atomic E-state index is -3.15. The second-order valence-electron chi connectivity index (χ2n) is 8.04. The summed E-state index contributed by atoms with van der Waals surface area (Å²) in [4.78, 5) is 21.0. The number of hydrogen-bond donors (Lipinski definition) is 2. The number of pyridine rings is 1. The Hall–Kier alpha value is -2.99. The zero-order valence-electron chi connectivity index (χ0n) is 17.9. The van der Waals surface area contributed by atoms with Crippen LogP contribution in [0.25, 0.3) is 10.7 Å². The van der Waals surface area contributed by atoms with Gasteiger partial charge >= 0.3 is 0 Å². The van der Waals surface area contributed by atoms with Crippen molar-refractivity contribution < 1.29 is 17.6 Å². The van der Waals surface area contributed by atoms with Gasteiger partial charge in [0.25, 0.3) is 5.91 Å². The van der Waals surface area contributed by atoms with E-state index in [1.165, 1.54) is 12.3 Å². The van der Waals surface area contributed by atoms with Crippen LogP contribution in [0.4, 0.5) is 10.2 Å². The first-order valence-electron chi connectivity index (χ1n) is 10.4. The number of halogens is 1. The first-order chi connectivity index (χ1) is 15.8. The van der Waals surface area contributed by atoms with Crippen molar-refractivity contribution in [1.82, 2.24) is 25.5 Å². The third kappa shape index (κ3) is 5.50. The Morgan fingerprint density at radius 3 is 2.67 bits per heavy atom. The van der Waals surface area contributed by atoms with Crippen LogP contribution in [0.1, 0.15) is 34.6 Å². The smallest absolute Gasteiger partial charge is 0.263 e. The summed E-state index contributed by atoms with van der Waals surface area (Å²) in [5, 5.41) is 14.7. The zero-order chi connectivity index (χ0) is 23.5. The molecule has 0 spiro atoms. The summed E-state index contributed by atoms with van der Waals surface area (Å²) in [5.74, 6) is -0.253. The maximum Gasteiger partial charge on any atom is 0.263 e. The maximum atomic E-state index is 14.3. The van der Waals surface area contributed by atoms with Crippen LogP contribution in [0.3, 0.4) is 0 Å². The van der Waals surface area contributed by atoms with Gasteiger partial charge in [-0.2, -0.15) is 0 Å². The Bertz CT molecular complexity index is 1240. The van der Waals surface area contributed by atoms with Crippen molar-refractivity contribution in [2.75, 3.05) is 30.4 Å². The molecule has 3 aromatic heterocycles. The lowest BCUT2D eigenvalue weighted by atomic mass is 9.66. The standard InChI is InChI=1S/C21H23FN6O3S2/c1-33(30,31)11-10-24-19(29)16-12-25-20(32-16)15-5-6-17(28-27-15)26-13-21(7-3-8-21)18-14(22)4-2-9-23-18/h2,4-6,9,12H,3,7-8,10-11,13H2,1H3,(H,24,29)(H,26,28). The zero-order valence-corrected chi connectivity index (χ0v) is 19.5. The monoisotopic (exact) mass is 490 g/mol. The predicted molar refractivity (Wildman–Crippen MR) is 123 cm³/mol. The third-order valence-corrected chi connectivity index (χ3v) is 7.52. The van der Waals surface area contributed by atoms with Gasteiger partial charge in [-0.05, 0) is 37.1 Å². The average molecular weight is 491 g/mol. The van der Waals surface area contributed by atoms with Crippen LogP contribution in [-0.2, 0) is 15.3 Å². The molecule has 0 atom stereocenters. The molecule has 9 nitrogen and oxygen atoms in total. The van der Waals surface area contributed by atoms with Gasteiger partial charge in [-0.1, -0.05) is 6.42 Å². The molecule has 0 bridgehead atoms. The first kappa shape index (κ1) is 23.2. The van der Waals surface area contributed by atoms with Crippen molar-refractivity contribution in [2.24, 2.45) is 0 Å². The Kier molecular flexibility index (Phi) is 6.66. The Morgan fingerprint density at radius 2 is 2.03 bits per heavy atom. The van der Waals surface area contributed by atoms with Crippen molar-refractivity contribution in [3.05, 3.63) is 53.0 Å². The summed E-state index contributed by atoms with van der Waals surface area (Å²) in [5.41, 5.74) is 0.647. The minimum absolute atomic E-state index is 0.0367. The van der Waals surface area contributed by atoms with Crippen molar-refractivity contribution in [3.63, 3.8) is 0 Å². The van der Waals surface area contributed by atoms with Crippen LogP contribution in [0.5, 0.6) is 0 Å². The lowest BCUT2D eigenvalue weighted by Crippen LogP contribution is -2.42. The number of aromatic nitrogens is 4. The van der Waals surface area contributed by atoms with E-state index in [9.17, 15) is 17.6 Å². The van der Waals surface area contributed by atoms with Crippen LogP contribution >= 0.6 is 11.3 Å². The fourth-order valence-electron chi connectivity index (χ4n) is 3.61. The average Bonchev–Trinajstić information content (AvgIpc) is 3.24. The van der Waals surface area contributed by atoms with Crippen LogP contribution in [0, 0.1) is 5.82 Å². The molecule has 4 rings (SSSR count). The second kappa shape index (κ2) is 9.48. The van der Waals surface area contributed by atoms with Gasteiger partial charge in [-0.15, -0.1) is 21.5 Å². The summed E-state index contributed by atoms with van der Waals surface area (Å²) >= 11 is 1.14. The number of carbonyl (C=O) groups excluding carboxylic acids is 1. The van der Waals surface area contributed by atoms with Gasteiger partial charge in [0.2, 0.25) is 0 Å². The third-order valence-electron chi connectivity index (χ3n) is 5.55. The molecular formula is C21H23FN6O3S2. The second-order valence-corrected chi connectivity index (χ2v) is 11.3. The summed E-state index contributed by atoms with van der Waals surface area (Å²) in [6, 6.07) is 6.53. The lowest BCUT2D eigenvalue weighted by Gasteiger charge is -2.41. The first-order valence-corrected chi connectivity index (χ1v) is 13.2. The summed E-state index contributed by atoms with van der Waals surface area (Å²) in [6.45, 7) is 0.541. The van der Waals surface area contributed by atoms with E-state index in [1.807, 2.05) is 0 Å². The number of rotatable bonds is 9. The number of carbonyl (C=O) groups is 1. The van der Waals surface area contributed by atoms with Crippen molar-refractivity contribution >= 4 is 32.9 Å². The number of anilines is 1. The molecule has 0 saturated heterocycles. The van der Waals surface area contributed by atoms with E-state index in [0.29, 0.717) is 33.6 Å². The summed E-state index contributed by atoms with van der Waals surface area (Å²) < 4.78 is 36.6. The van der Waals surface area contributed by atoms with E-state index in [0.717, 1.165) is 36.9 Å². The summed E-state index contributed by atoms with van der Waals surface area (Å²) in [7, 11) is -3.15. The Morgan fingerprint density at radius 1 is 1.21 bits per heavy atom. The fraction of sp³-hybridized carbons (Fsp3) is 0.381. The van der Waals surface area contributed by atoms with Crippen LogP contribution in [-0.4, -0.2) is 59.6 Å². The van der Waals surface area contributed by atoms with Gasteiger partial charge in [0.05, 0.1) is 17.6 Å². The van der Waals surface area contributed by atoms with Crippen LogP contribution in [0.15, 0.2) is 36.7 Å². The molecular weight excluding hydrogens is 467 g/mol. The van der Waals surface area contributed by atoms with Gasteiger partial charge in [-0.3, -0.25) is 9.78 Å². The van der Waals surface area contributed by atoms with Gasteiger partial charge in [0.15, 0.2) is 0 Å². The largest absolute Gasteiger partial charge is 0.368 e. The highest BCUT2D eigenvalue weighted by Crippen LogP contribution is 2.43. The van der Waals surface area contributed by atoms with E-state index in [4.69, 9.17) is 0 Å². The molecule has 1 saturated carbocycles. The van der Waals surface area contributed by atoms with Crippen molar-refractivity contribution in [2.45, 2.75) is 24.7 Å². The fourth-order valence-corrected chi connectivity index (χ4v) is 4.88. The van der Waals surface area contributed by atoms with Crippen LogP contribution in [0.2, 0.25) is 0 Å². The molecule has 174 valence electrons. The molecule has 12 heteroatoms. The predicted octanol–water partition coefficient (Wildman–Crippen LogP) is 2.44. The molecule has 1 aliphatic rings. The Labute approximate surface area is 194 Å². The van der Waals surface area contributed by atoms with Crippen LogP contribution < -0.4 is 10.6 Å². The van der Waals surface area contributed by atoms with E-state index in [-0.39, 0.29) is 29.4 Å². The minimum Gasteiger partial charge on any atom is -0.368 e. The molecule has 0 aliphatic heterocycles. The normalized spacial score (nSPS) is 15.0. The molecule has 2 N–H and O–H groups in total. The van der Waals surface area contributed by atoms with Gasteiger partial charge in [0.1, 0.15) is 37.1 Å². The van der Waals surface area contributed by atoms with Gasteiger partial charge in [-0.25, -0.2) is 17.8 Å². The van der Waals surface area contributed by atoms with E-state index < -0.39 is 9.84 Å². The molecule has 0 aromatic carbocycles. The summed E-state index contributed by atoms with van der Waals surface area (Å²) in [6.07, 6.45) is 6.88. The maximum absolute atomic E-state index is 14.3.